The average Bonchev–Trinajstić information content (AvgIpc) is 2.64. The smallest absolute Gasteiger partial charge is 0.467 e. The van der Waals surface area contributed by atoms with Gasteiger partial charge in [-0.3, -0.25) is 9.59 Å². The van der Waals surface area contributed by atoms with Crippen LogP contribution in [-0.4, -0.2) is 43.2 Å². The molecular formula is C18H21F3N2O4. The highest BCUT2D eigenvalue weighted by atomic mass is 19.4. The molecule has 0 spiro atoms. The number of methoxy groups -OCH3 is 1. The fourth-order valence-corrected chi connectivity index (χ4v) is 2.22. The standard InChI is InChI=1S/C18H21F3N2O4/c1-4-11(2)14(16(25)27-3)23-15(24)13(22-17(26)18(19,20)21)10-12-8-6-5-7-9-12/h4-9,11,13-14H,1,10H2,2-3H3,(H,22,26)(H,23,24)/t11-,13+,14-/m1/s1. The van der Waals surface area contributed by atoms with Crippen LogP contribution in [0.2, 0.25) is 0 Å². The fraction of sp³-hybridized carbons (Fsp3) is 0.389. The van der Waals surface area contributed by atoms with Gasteiger partial charge in [-0.1, -0.05) is 43.3 Å². The number of hydrogen-bond donors (Lipinski definition) is 2. The van der Waals surface area contributed by atoms with Crippen LogP contribution >= 0.6 is 0 Å². The third kappa shape index (κ3) is 6.76. The molecule has 0 radical (unpaired) electrons. The number of ether oxygens (including phenoxy) is 1. The van der Waals surface area contributed by atoms with Crippen molar-refractivity contribution in [3.8, 4) is 0 Å². The number of hydrogen-bond acceptors (Lipinski definition) is 4. The summed E-state index contributed by atoms with van der Waals surface area (Å²) in [4.78, 5) is 35.7. The van der Waals surface area contributed by atoms with Crippen LogP contribution in [0.3, 0.4) is 0 Å². The summed E-state index contributed by atoms with van der Waals surface area (Å²) in [6.45, 7) is 5.10. The maximum Gasteiger partial charge on any atom is 0.471 e. The highest BCUT2D eigenvalue weighted by Gasteiger charge is 2.41. The molecule has 0 bridgehead atoms. The SMILES string of the molecule is C=C[C@@H](C)[C@@H](NC(=O)[C@H](Cc1ccccc1)NC(=O)C(F)(F)F)C(=O)OC. The molecule has 1 aromatic rings. The first kappa shape index (κ1) is 22.2. The van der Waals surface area contributed by atoms with Crippen LogP contribution in [0, 0.1) is 5.92 Å². The third-order valence-corrected chi connectivity index (χ3v) is 3.81. The molecule has 27 heavy (non-hydrogen) atoms. The molecule has 0 aromatic heterocycles. The van der Waals surface area contributed by atoms with Crippen LogP contribution in [0.4, 0.5) is 13.2 Å². The summed E-state index contributed by atoms with van der Waals surface area (Å²) in [7, 11) is 1.12. The van der Waals surface area contributed by atoms with Crippen LogP contribution in [0.25, 0.3) is 0 Å². The second-order valence-electron chi connectivity index (χ2n) is 5.82. The van der Waals surface area contributed by atoms with Gasteiger partial charge >= 0.3 is 18.1 Å². The number of nitrogens with one attached hydrogen (secondary N) is 2. The second-order valence-corrected chi connectivity index (χ2v) is 5.82. The van der Waals surface area contributed by atoms with Gasteiger partial charge < -0.3 is 15.4 Å². The maximum absolute atomic E-state index is 12.6. The van der Waals surface area contributed by atoms with Crippen molar-refractivity contribution < 1.29 is 32.3 Å². The molecule has 0 aliphatic heterocycles. The molecule has 1 rings (SSSR count). The Labute approximate surface area is 154 Å². The number of amides is 2. The van der Waals surface area contributed by atoms with Gasteiger partial charge in [-0.05, 0) is 5.56 Å². The third-order valence-electron chi connectivity index (χ3n) is 3.81. The van der Waals surface area contributed by atoms with E-state index in [2.05, 4.69) is 16.6 Å². The Hall–Kier alpha value is -2.84. The predicted molar refractivity (Wildman–Crippen MR) is 91.4 cm³/mol. The quantitative estimate of drug-likeness (QED) is 0.527. The number of benzene rings is 1. The molecule has 0 unspecified atom stereocenters. The van der Waals surface area contributed by atoms with Gasteiger partial charge in [-0.2, -0.15) is 13.2 Å². The summed E-state index contributed by atoms with van der Waals surface area (Å²) in [5.41, 5.74) is 0.534. The Balaban J connectivity index is 3.04. The van der Waals surface area contributed by atoms with Gasteiger partial charge in [0.2, 0.25) is 5.91 Å². The topological polar surface area (TPSA) is 84.5 Å². The Kier molecular flexibility index (Phi) is 8.01. The number of rotatable bonds is 8. The van der Waals surface area contributed by atoms with Crippen molar-refractivity contribution in [1.29, 1.82) is 0 Å². The van der Waals surface area contributed by atoms with Gasteiger partial charge in [-0.25, -0.2) is 4.79 Å². The molecule has 2 N–H and O–H groups in total. The van der Waals surface area contributed by atoms with Crippen molar-refractivity contribution in [2.75, 3.05) is 7.11 Å². The monoisotopic (exact) mass is 386 g/mol. The molecule has 0 fully saturated rings. The van der Waals surface area contributed by atoms with E-state index in [0.717, 1.165) is 7.11 Å². The lowest BCUT2D eigenvalue weighted by Gasteiger charge is -2.25. The largest absolute Gasteiger partial charge is 0.471 e. The van der Waals surface area contributed by atoms with Crippen LogP contribution in [0.1, 0.15) is 12.5 Å². The fourth-order valence-electron chi connectivity index (χ4n) is 2.22. The second kappa shape index (κ2) is 9.75. The van der Waals surface area contributed by atoms with Crippen molar-refractivity contribution in [3.63, 3.8) is 0 Å². The van der Waals surface area contributed by atoms with E-state index in [-0.39, 0.29) is 6.42 Å². The zero-order valence-electron chi connectivity index (χ0n) is 14.9. The predicted octanol–water partition coefficient (Wildman–Crippen LogP) is 1.76. The van der Waals surface area contributed by atoms with E-state index in [9.17, 15) is 27.6 Å². The maximum atomic E-state index is 12.6. The number of alkyl halides is 3. The summed E-state index contributed by atoms with van der Waals surface area (Å²) in [6.07, 6.45) is -3.95. The van der Waals surface area contributed by atoms with Crippen molar-refractivity contribution in [1.82, 2.24) is 10.6 Å². The number of esters is 1. The summed E-state index contributed by atoms with van der Waals surface area (Å²) in [5.74, 6) is -4.51. The number of halogens is 3. The van der Waals surface area contributed by atoms with E-state index in [1.807, 2.05) is 0 Å². The zero-order valence-corrected chi connectivity index (χ0v) is 14.9. The van der Waals surface area contributed by atoms with E-state index in [0.29, 0.717) is 5.56 Å². The Bertz CT molecular complexity index is 677. The van der Waals surface area contributed by atoms with Gasteiger partial charge in [0.15, 0.2) is 0 Å². The van der Waals surface area contributed by atoms with Crippen LogP contribution < -0.4 is 10.6 Å². The van der Waals surface area contributed by atoms with Gasteiger partial charge in [0.05, 0.1) is 7.11 Å². The first-order valence-corrected chi connectivity index (χ1v) is 8.02. The van der Waals surface area contributed by atoms with Crippen LogP contribution in [0.15, 0.2) is 43.0 Å². The number of carbonyl (C=O) groups is 3. The van der Waals surface area contributed by atoms with Crippen LogP contribution in [0.5, 0.6) is 0 Å². The lowest BCUT2D eigenvalue weighted by Crippen LogP contribution is -2.56. The first-order valence-electron chi connectivity index (χ1n) is 8.02. The van der Waals surface area contributed by atoms with Gasteiger partial charge in [-0.15, -0.1) is 6.58 Å². The minimum Gasteiger partial charge on any atom is -0.467 e. The van der Waals surface area contributed by atoms with Gasteiger partial charge in [0.25, 0.3) is 0 Å². The first-order chi connectivity index (χ1) is 12.6. The normalized spacial score (nSPS) is 14.4. The van der Waals surface area contributed by atoms with Crippen molar-refractivity contribution in [3.05, 3.63) is 48.6 Å². The molecule has 6 nitrogen and oxygen atoms in total. The molecule has 148 valence electrons. The van der Waals surface area contributed by atoms with Gasteiger partial charge in [0.1, 0.15) is 12.1 Å². The van der Waals surface area contributed by atoms with Crippen molar-refractivity contribution in [2.24, 2.45) is 5.92 Å². The Morgan fingerprint density at radius 3 is 2.26 bits per heavy atom. The molecule has 2 amide bonds. The van der Waals surface area contributed by atoms with E-state index < -0.39 is 42.0 Å². The minimum absolute atomic E-state index is 0.190. The van der Waals surface area contributed by atoms with Crippen molar-refractivity contribution in [2.45, 2.75) is 31.6 Å². The molecule has 1 aromatic carbocycles. The average molecular weight is 386 g/mol. The molecule has 0 saturated carbocycles. The van der Waals surface area contributed by atoms with E-state index >= 15 is 0 Å². The number of carbonyl (C=O) groups excluding carboxylic acids is 3. The highest BCUT2D eigenvalue weighted by molar-refractivity contribution is 5.92. The summed E-state index contributed by atoms with van der Waals surface area (Å²) in [6, 6.07) is 5.51. The molecule has 3 atom stereocenters. The lowest BCUT2D eigenvalue weighted by molar-refractivity contribution is -0.174. The highest BCUT2D eigenvalue weighted by Crippen LogP contribution is 2.16. The Morgan fingerprint density at radius 1 is 1.19 bits per heavy atom. The molecule has 0 aliphatic carbocycles. The summed E-state index contributed by atoms with van der Waals surface area (Å²) in [5, 5.41) is 4.00. The molecule has 0 saturated heterocycles. The molecule has 0 heterocycles. The summed E-state index contributed by atoms with van der Waals surface area (Å²) >= 11 is 0. The molecule has 0 aliphatic rings. The van der Waals surface area contributed by atoms with Gasteiger partial charge in [0, 0.05) is 12.3 Å². The summed E-state index contributed by atoms with van der Waals surface area (Å²) < 4.78 is 42.4. The Morgan fingerprint density at radius 2 is 1.78 bits per heavy atom. The minimum atomic E-state index is -5.15. The molecular weight excluding hydrogens is 365 g/mol. The van der Waals surface area contributed by atoms with Crippen LogP contribution in [-0.2, 0) is 25.5 Å². The van der Waals surface area contributed by atoms with E-state index in [4.69, 9.17) is 0 Å². The zero-order chi connectivity index (χ0) is 20.6. The lowest BCUT2D eigenvalue weighted by atomic mass is 10.0. The van der Waals surface area contributed by atoms with Crippen molar-refractivity contribution >= 4 is 17.8 Å². The van der Waals surface area contributed by atoms with E-state index in [1.54, 1.807) is 42.6 Å². The van der Waals surface area contributed by atoms with E-state index in [1.165, 1.54) is 6.08 Å². The molecule has 9 heteroatoms.